The van der Waals surface area contributed by atoms with E-state index >= 15 is 0 Å². The minimum absolute atomic E-state index is 1.10. The second-order valence-electron chi connectivity index (χ2n) is 17.0. The third-order valence-corrected chi connectivity index (χ3v) is 14.5. The third-order valence-electron chi connectivity index (χ3n) is 13.4. The maximum atomic E-state index is 2.47. The van der Waals surface area contributed by atoms with Gasteiger partial charge in [0, 0.05) is 80.8 Å². The van der Waals surface area contributed by atoms with Crippen LogP contribution in [0.3, 0.4) is 0 Å². The first-order valence-corrected chi connectivity index (χ1v) is 23.0. The first kappa shape index (κ1) is 36.1. The Bertz CT molecular complexity index is 4290. The molecule has 0 radical (unpaired) electrons. The van der Waals surface area contributed by atoms with Crippen molar-refractivity contribution in [3.8, 4) is 22.7 Å². The predicted molar refractivity (Wildman–Crippen MR) is 277 cm³/mol. The van der Waals surface area contributed by atoms with Crippen LogP contribution in [0.15, 0.2) is 231 Å². The van der Waals surface area contributed by atoms with E-state index < -0.39 is 0 Å². The van der Waals surface area contributed by atoms with Gasteiger partial charge in [0.15, 0.2) is 0 Å². The van der Waals surface area contributed by atoms with Gasteiger partial charge in [-0.25, -0.2) is 0 Å². The molecular formula is C60H38N4S. The molecule has 0 atom stereocenters. The molecule has 4 heterocycles. The fraction of sp³-hybridized carbons (Fsp3) is 0. The highest BCUT2D eigenvalue weighted by Gasteiger charge is 2.19. The van der Waals surface area contributed by atoms with E-state index in [9.17, 15) is 0 Å². The first-order valence-electron chi connectivity index (χ1n) is 22.2. The van der Waals surface area contributed by atoms with Crippen LogP contribution in [0, 0.1) is 0 Å². The number of para-hydroxylation sites is 5. The highest BCUT2D eigenvalue weighted by atomic mass is 32.1. The van der Waals surface area contributed by atoms with Gasteiger partial charge in [-0.2, -0.15) is 0 Å². The molecule has 0 saturated heterocycles. The lowest BCUT2D eigenvalue weighted by molar-refractivity contribution is 1.12. The predicted octanol–water partition coefficient (Wildman–Crippen LogP) is 16.4. The Morgan fingerprint density at radius 2 is 0.769 bits per heavy atom. The lowest BCUT2D eigenvalue weighted by atomic mass is 10.1. The number of hydrogen-bond donors (Lipinski definition) is 0. The van der Waals surface area contributed by atoms with E-state index in [1.807, 2.05) is 11.3 Å². The zero-order valence-corrected chi connectivity index (χ0v) is 36.0. The lowest BCUT2D eigenvalue weighted by Gasteiger charge is -2.16. The molecule has 14 aromatic rings. The fourth-order valence-corrected chi connectivity index (χ4v) is 11.6. The monoisotopic (exact) mass is 846 g/mol. The fourth-order valence-electron chi connectivity index (χ4n) is 10.5. The second-order valence-corrected chi connectivity index (χ2v) is 18.1. The van der Waals surface area contributed by atoms with E-state index in [1.54, 1.807) is 0 Å². The number of hydrogen-bond acceptors (Lipinski definition) is 1. The van der Waals surface area contributed by atoms with E-state index in [1.165, 1.54) is 63.8 Å². The summed E-state index contributed by atoms with van der Waals surface area (Å²) in [6.07, 6.45) is 0. The number of fused-ring (bicyclic) bond motifs is 13. The Balaban J connectivity index is 1.10. The van der Waals surface area contributed by atoms with Gasteiger partial charge in [0.2, 0.25) is 0 Å². The Morgan fingerprint density at radius 3 is 1.45 bits per heavy atom. The van der Waals surface area contributed by atoms with Crippen molar-refractivity contribution in [3.05, 3.63) is 231 Å². The van der Waals surface area contributed by atoms with Crippen molar-refractivity contribution in [3.63, 3.8) is 0 Å². The summed E-state index contributed by atoms with van der Waals surface area (Å²) in [5, 5.41) is 9.70. The summed E-state index contributed by atoms with van der Waals surface area (Å²) in [7, 11) is 0. The second kappa shape index (κ2) is 14.1. The van der Waals surface area contributed by atoms with Gasteiger partial charge in [-0.15, -0.1) is 11.3 Å². The van der Waals surface area contributed by atoms with Crippen molar-refractivity contribution in [2.24, 2.45) is 0 Å². The SMILES string of the molecule is c1ccc(-n2c3ccccc3c3cc(-n4c5cccc(c5)c5cccc(c5)n(-c5cccc6c7ccccc7n(-c7ccccc7)c56)c5ccc6sc7ccc4cc7c6c5)ccc32)cc1. The van der Waals surface area contributed by atoms with Crippen LogP contribution in [0.4, 0.5) is 0 Å². The van der Waals surface area contributed by atoms with E-state index in [4.69, 9.17) is 0 Å². The zero-order valence-electron chi connectivity index (χ0n) is 35.1. The molecule has 0 aliphatic heterocycles. The van der Waals surface area contributed by atoms with Gasteiger partial charge in [0.1, 0.15) is 0 Å². The summed E-state index contributed by atoms with van der Waals surface area (Å²) >= 11 is 1.86. The maximum Gasteiger partial charge on any atom is 0.0782 e. The summed E-state index contributed by atoms with van der Waals surface area (Å²) < 4.78 is 12.3. The van der Waals surface area contributed by atoms with Crippen LogP contribution < -0.4 is 0 Å². The van der Waals surface area contributed by atoms with Crippen molar-refractivity contribution in [2.75, 3.05) is 0 Å². The minimum atomic E-state index is 1.10. The van der Waals surface area contributed by atoms with Gasteiger partial charge in [0.25, 0.3) is 0 Å². The van der Waals surface area contributed by atoms with Gasteiger partial charge in [0.05, 0.1) is 27.8 Å². The lowest BCUT2D eigenvalue weighted by Crippen LogP contribution is -2.02. The molecule has 14 rings (SSSR count). The number of thiophene rings is 1. The average molecular weight is 847 g/mol. The van der Waals surface area contributed by atoms with Crippen molar-refractivity contribution < 1.29 is 0 Å². The van der Waals surface area contributed by atoms with Crippen molar-refractivity contribution >= 4 is 108 Å². The van der Waals surface area contributed by atoms with Crippen molar-refractivity contribution in [1.82, 2.24) is 18.3 Å². The molecule has 10 aromatic carbocycles. The molecule has 0 fully saturated rings. The molecular weight excluding hydrogens is 809 g/mol. The summed E-state index contributed by atoms with van der Waals surface area (Å²) in [5.74, 6) is 0. The van der Waals surface area contributed by atoms with Crippen LogP contribution in [0.25, 0.3) is 119 Å². The Hall–Kier alpha value is -8.38. The molecule has 304 valence electrons. The van der Waals surface area contributed by atoms with Crippen LogP contribution in [0.2, 0.25) is 0 Å². The van der Waals surface area contributed by atoms with Gasteiger partial charge in [-0.3, -0.25) is 0 Å². The third kappa shape index (κ3) is 5.49. The standard InChI is InChI=1S/C60H38N4S/c1-3-16-41(17-4-1)63-54-25-9-8-23-49(54)51-36-45(28-31-56(51)63)61-43-20-11-14-39(34-43)40-15-12-21-44(35-40)62(47-30-33-59-53(38-47)52-37-46(61)29-32-58(52)65-59)57-27-13-24-50-48-22-7-10-26-55(48)64(60(50)57)42-18-5-2-6-19-42/h1-38H. The van der Waals surface area contributed by atoms with Gasteiger partial charge < -0.3 is 18.3 Å². The van der Waals surface area contributed by atoms with Crippen LogP contribution in [0.1, 0.15) is 0 Å². The highest BCUT2D eigenvalue weighted by molar-refractivity contribution is 7.25. The van der Waals surface area contributed by atoms with Crippen LogP contribution in [-0.4, -0.2) is 18.3 Å². The largest absolute Gasteiger partial charge is 0.310 e. The minimum Gasteiger partial charge on any atom is -0.310 e. The van der Waals surface area contributed by atoms with Crippen LogP contribution in [0.5, 0.6) is 0 Å². The molecule has 0 saturated carbocycles. The number of rotatable bonds is 4. The summed E-state index contributed by atoms with van der Waals surface area (Å²) in [4.78, 5) is 0. The number of benzene rings is 10. The topological polar surface area (TPSA) is 19.7 Å². The smallest absolute Gasteiger partial charge is 0.0782 e. The normalized spacial score (nSPS) is 12.0. The molecule has 0 aliphatic rings. The van der Waals surface area contributed by atoms with E-state index in [0.717, 1.165) is 55.6 Å². The first-order chi connectivity index (χ1) is 32.2. The molecule has 0 aliphatic carbocycles. The molecule has 0 unspecified atom stereocenters. The summed E-state index contributed by atoms with van der Waals surface area (Å²) in [6, 6.07) is 85.0. The van der Waals surface area contributed by atoms with E-state index in [0.29, 0.717) is 0 Å². The molecule has 5 heteroatoms. The summed E-state index contributed by atoms with van der Waals surface area (Å²) in [5.41, 5.74) is 13.7. The van der Waals surface area contributed by atoms with Crippen LogP contribution in [-0.2, 0) is 0 Å². The van der Waals surface area contributed by atoms with Crippen LogP contribution >= 0.6 is 11.3 Å². The molecule has 0 amide bonds. The number of aromatic nitrogens is 4. The molecule has 0 N–H and O–H groups in total. The Kier molecular flexibility index (Phi) is 7.82. The van der Waals surface area contributed by atoms with Crippen molar-refractivity contribution in [1.29, 1.82) is 0 Å². The molecule has 4 aromatic heterocycles. The van der Waals surface area contributed by atoms with Crippen molar-refractivity contribution in [2.45, 2.75) is 0 Å². The van der Waals surface area contributed by atoms with Gasteiger partial charge in [-0.05, 0) is 132 Å². The van der Waals surface area contributed by atoms with E-state index in [-0.39, 0.29) is 0 Å². The maximum absolute atomic E-state index is 2.47. The average Bonchev–Trinajstić information content (AvgIpc) is 4.02. The zero-order chi connectivity index (χ0) is 42.6. The highest BCUT2D eigenvalue weighted by Crippen LogP contribution is 2.40. The quantitative estimate of drug-likeness (QED) is 0.168. The molecule has 8 bridgehead atoms. The van der Waals surface area contributed by atoms with E-state index in [2.05, 4.69) is 249 Å². The number of nitrogens with zero attached hydrogens (tertiary/aromatic N) is 4. The Morgan fingerprint density at radius 1 is 0.262 bits per heavy atom. The molecule has 0 spiro atoms. The molecule has 65 heavy (non-hydrogen) atoms. The van der Waals surface area contributed by atoms with Gasteiger partial charge in [-0.1, -0.05) is 109 Å². The molecule has 4 nitrogen and oxygen atoms in total. The summed E-state index contributed by atoms with van der Waals surface area (Å²) in [6.45, 7) is 0. The van der Waals surface area contributed by atoms with Gasteiger partial charge >= 0.3 is 0 Å². The Labute approximate surface area is 377 Å².